The van der Waals surface area contributed by atoms with Gasteiger partial charge in [0.05, 0.1) is 0 Å². The highest BCUT2D eigenvalue weighted by atomic mass is 16.1. The maximum absolute atomic E-state index is 15.0. The predicted octanol–water partition coefficient (Wildman–Crippen LogP) is 8.80. The van der Waals surface area contributed by atoms with Gasteiger partial charge in [0.1, 0.15) is 5.78 Å². The Bertz CT molecular complexity index is 834. The Kier molecular flexibility index (Phi) is 4.64. The minimum absolute atomic E-state index is 0.296. The molecular weight excluding hydrogens is 412 g/mol. The second-order valence-corrected chi connectivity index (χ2v) is 17.4. The number of hydrogen-bond donors (Lipinski definition) is 0. The Morgan fingerprint density at radius 2 is 0.941 bits per heavy atom. The molecule has 0 saturated heterocycles. The predicted molar refractivity (Wildman–Crippen MR) is 141 cm³/mol. The van der Waals surface area contributed by atoms with E-state index in [0.717, 1.165) is 42.3 Å². The molecule has 0 amide bonds. The molecule has 34 heavy (non-hydrogen) atoms. The first-order valence-electron chi connectivity index (χ1n) is 15.1. The van der Waals surface area contributed by atoms with Gasteiger partial charge < -0.3 is 0 Å². The molecule has 0 N–H and O–H groups in total. The number of rotatable bonds is 2. The molecule has 4 bridgehead atoms. The average molecular weight is 467 g/mol. The lowest BCUT2D eigenvalue weighted by molar-refractivity contribution is -0.133. The molecule has 6 aliphatic carbocycles. The summed E-state index contributed by atoms with van der Waals surface area (Å²) in [5.41, 5.74) is 1.98. The zero-order valence-electron chi connectivity index (χ0n) is 24.2. The Balaban J connectivity index is 1.42. The zero-order chi connectivity index (χ0) is 24.9. The minimum Gasteiger partial charge on any atom is -0.299 e. The van der Waals surface area contributed by atoms with E-state index in [4.69, 9.17) is 0 Å². The van der Waals surface area contributed by atoms with Crippen LogP contribution in [0.15, 0.2) is 0 Å². The van der Waals surface area contributed by atoms with Gasteiger partial charge in [-0.15, -0.1) is 0 Å². The summed E-state index contributed by atoms with van der Waals surface area (Å²) in [7, 11) is 0. The van der Waals surface area contributed by atoms with Crippen molar-refractivity contribution in [3.63, 3.8) is 0 Å². The highest BCUT2D eigenvalue weighted by Crippen LogP contribution is 2.80. The van der Waals surface area contributed by atoms with Gasteiger partial charge in [0.2, 0.25) is 0 Å². The van der Waals surface area contributed by atoms with Crippen molar-refractivity contribution in [1.29, 1.82) is 0 Å². The second-order valence-electron chi connectivity index (χ2n) is 17.4. The molecule has 6 saturated carbocycles. The summed E-state index contributed by atoms with van der Waals surface area (Å²) < 4.78 is 0. The van der Waals surface area contributed by atoms with Crippen molar-refractivity contribution in [3.8, 4) is 0 Å². The molecule has 0 radical (unpaired) electrons. The molecule has 10 atom stereocenters. The Labute approximate surface area is 211 Å². The molecule has 2 spiro atoms. The second kappa shape index (κ2) is 6.56. The van der Waals surface area contributed by atoms with Crippen LogP contribution in [0.25, 0.3) is 0 Å². The molecule has 0 aromatic carbocycles. The lowest BCUT2D eigenvalue weighted by atomic mass is 9.58. The van der Waals surface area contributed by atoms with E-state index in [1.54, 1.807) is 0 Å². The fraction of sp³-hybridized carbons (Fsp3) is 0.970. The van der Waals surface area contributed by atoms with Crippen LogP contribution in [0, 0.1) is 79.8 Å². The third kappa shape index (κ3) is 2.48. The van der Waals surface area contributed by atoms with Gasteiger partial charge in [0, 0.05) is 11.8 Å². The fourth-order valence-electron chi connectivity index (χ4n) is 13.6. The maximum atomic E-state index is 15.0. The summed E-state index contributed by atoms with van der Waals surface area (Å²) in [6, 6.07) is 0. The molecular formula is C33H54O. The standard InChI is InChI=1S/C33H54O/c1-19-11-13-32-17-23(19)30(7,8)26(32)21(15-28(32,3)4)25(34)22-16-29(5,6)33-14-12-20(2)24(18-33)31(9,10)27(22)33/h19-24,26-27H,11-18H2,1-10H3/t19-,20-,21?,22?,23+,24+,26+,27+,32+,33+/m1/s1. The smallest absolute Gasteiger partial charge is 0.139 e. The summed E-state index contributed by atoms with van der Waals surface area (Å²) in [6.07, 6.45) is 10.6. The lowest BCUT2D eigenvalue weighted by Gasteiger charge is -2.46. The SMILES string of the molecule is C[C@@H]1CC[C@]23C[C@@H]1C(C)(C)[C@@H]2C(C(=O)C1CC(C)(C)[C@@]24CC[C@@H](C)[C@H](C2)C(C)(C)[C@H]14)CC3(C)C. The van der Waals surface area contributed by atoms with E-state index < -0.39 is 0 Å². The van der Waals surface area contributed by atoms with Gasteiger partial charge in [-0.3, -0.25) is 4.79 Å². The molecule has 1 heteroatoms. The van der Waals surface area contributed by atoms with Crippen molar-refractivity contribution in [2.45, 2.75) is 121 Å². The number of hydrogen-bond acceptors (Lipinski definition) is 1. The highest BCUT2D eigenvalue weighted by Gasteiger charge is 2.75. The molecule has 6 aliphatic rings. The van der Waals surface area contributed by atoms with E-state index in [0.29, 0.717) is 56.2 Å². The summed E-state index contributed by atoms with van der Waals surface area (Å²) in [6.45, 7) is 25.5. The summed E-state index contributed by atoms with van der Waals surface area (Å²) in [5, 5.41) is 0. The van der Waals surface area contributed by atoms with Gasteiger partial charge in [-0.1, -0.05) is 69.2 Å². The van der Waals surface area contributed by atoms with Crippen LogP contribution >= 0.6 is 0 Å². The van der Waals surface area contributed by atoms with E-state index in [-0.39, 0.29) is 0 Å². The molecule has 0 heterocycles. The first-order valence-corrected chi connectivity index (χ1v) is 15.1. The van der Waals surface area contributed by atoms with Crippen molar-refractivity contribution in [2.75, 3.05) is 0 Å². The van der Waals surface area contributed by atoms with Gasteiger partial charge >= 0.3 is 0 Å². The Morgan fingerprint density at radius 1 is 0.588 bits per heavy atom. The van der Waals surface area contributed by atoms with E-state index in [1.165, 1.54) is 38.5 Å². The van der Waals surface area contributed by atoms with E-state index in [2.05, 4.69) is 69.2 Å². The van der Waals surface area contributed by atoms with Crippen LogP contribution in [0.4, 0.5) is 0 Å². The summed E-state index contributed by atoms with van der Waals surface area (Å²) >= 11 is 0. The molecule has 1 nitrogen and oxygen atoms in total. The monoisotopic (exact) mass is 466 g/mol. The van der Waals surface area contributed by atoms with Gasteiger partial charge in [-0.05, 0) is 119 Å². The van der Waals surface area contributed by atoms with E-state index in [9.17, 15) is 0 Å². The zero-order valence-corrected chi connectivity index (χ0v) is 24.2. The van der Waals surface area contributed by atoms with E-state index in [1.807, 2.05) is 0 Å². The molecule has 2 unspecified atom stereocenters. The third-order valence-corrected chi connectivity index (χ3v) is 15.0. The number of carbonyl (C=O) groups excluding carboxylic acids is 1. The first-order chi connectivity index (χ1) is 15.5. The minimum atomic E-state index is 0.296. The van der Waals surface area contributed by atoms with Crippen LogP contribution in [-0.2, 0) is 4.79 Å². The van der Waals surface area contributed by atoms with Crippen LogP contribution in [-0.4, -0.2) is 5.78 Å². The number of Topliss-reactive ketones (excluding diaryl/α,β-unsaturated/α-hetero) is 1. The third-order valence-electron chi connectivity index (χ3n) is 15.0. The van der Waals surface area contributed by atoms with Gasteiger partial charge in [-0.2, -0.15) is 0 Å². The molecule has 192 valence electrons. The largest absolute Gasteiger partial charge is 0.299 e. The highest BCUT2D eigenvalue weighted by molar-refractivity contribution is 5.86. The topological polar surface area (TPSA) is 17.1 Å². The number of fused-ring (bicyclic) bond motifs is 2. The van der Waals surface area contributed by atoms with Gasteiger partial charge in [0.25, 0.3) is 0 Å². The van der Waals surface area contributed by atoms with Crippen molar-refractivity contribution in [1.82, 2.24) is 0 Å². The van der Waals surface area contributed by atoms with E-state index >= 15 is 4.79 Å². The van der Waals surface area contributed by atoms with Crippen molar-refractivity contribution < 1.29 is 4.79 Å². The average Bonchev–Trinajstić information content (AvgIpc) is 3.26. The summed E-state index contributed by atoms with van der Waals surface area (Å²) in [4.78, 5) is 15.0. The summed E-state index contributed by atoms with van der Waals surface area (Å²) in [5.74, 6) is 5.76. The fourth-order valence-corrected chi connectivity index (χ4v) is 13.6. The molecule has 6 rings (SSSR count). The van der Waals surface area contributed by atoms with Crippen LogP contribution < -0.4 is 0 Å². The Hall–Kier alpha value is -0.330. The van der Waals surface area contributed by atoms with Crippen LogP contribution in [0.2, 0.25) is 0 Å². The number of ketones is 1. The molecule has 0 aromatic heterocycles. The maximum Gasteiger partial charge on any atom is 0.139 e. The van der Waals surface area contributed by atoms with Crippen molar-refractivity contribution in [2.24, 2.45) is 79.8 Å². The molecule has 0 aliphatic heterocycles. The first kappa shape index (κ1) is 24.0. The Morgan fingerprint density at radius 3 is 1.29 bits per heavy atom. The van der Waals surface area contributed by atoms with Crippen LogP contribution in [0.1, 0.15) is 121 Å². The van der Waals surface area contributed by atoms with Crippen LogP contribution in [0.3, 0.4) is 0 Å². The van der Waals surface area contributed by atoms with Gasteiger partial charge in [-0.25, -0.2) is 0 Å². The van der Waals surface area contributed by atoms with Crippen molar-refractivity contribution >= 4 is 5.78 Å². The number of carbonyl (C=O) groups is 1. The van der Waals surface area contributed by atoms with Gasteiger partial charge in [0.15, 0.2) is 0 Å². The quantitative estimate of drug-likeness (QED) is 0.397. The normalized spacial score (nSPS) is 55.1. The molecule has 6 fully saturated rings. The molecule has 0 aromatic rings. The lowest BCUT2D eigenvalue weighted by Crippen LogP contribution is -2.42. The van der Waals surface area contributed by atoms with Crippen molar-refractivity contribution in [3.05, 3.63) is 0 Å². The van der Waals surface area contributed by atoms with Crippen LogP contribution in [0.5, 0.6) is 0 Å².